The van der Waals surface area contributed by atoms with E-state index in [-0.39, 0.29) is 18.2 Å². The van der Waals surface area contributed by atoms with Crippen molar-refractivity contribution in [2.45, 2.75) is 32.4 Å². The Morgan fingerprint density at radius 3 is 2.65 bits per heavy atom. The molecule has 0 aliphatic carbocycles. The predicted octanol–water partition coefficient (Wildman–Crippen LogP) is 2.66. The molecule has 0 saturated heterocycles. The molecular weight excluding hydrogens is 498 g/mol. The number of urea groups is 1. The lowest BCUT2D eigenvalue weighted by atomic mass is 10.1. The number of benzene rings is 1. The largest absolute Gasteiger partial charge is 0.481 e. The fourth-order valence-electron chi connectivity index (χ4n) is 3.65. The normalized spacial score (nSPS) is 12.9. The Kier molecular flexibility index (Phi) is 7.74. The van der Waals surface area contributed by atoms with E-state index in [1.54, 1.807) is 44.2 Å². The molecule has 0 atom stereocenters. The molecule has 0 spiro atoms. The first-order valence-electron chi connectivity index (χ1n) is 11.5. The summed E-state index contributed by atoms with van der Waals surface area (Å²) in [7, 11) is 3.03. The van der Waals surface area contributed by atoms with Crippen LogP contribution in [0.5, 0.6) is 11.9 Å². The fourth-order valence-corrected chi connectivity index (χ4v) is 4.67. The number of nitrogens with zero attached hydrogens (tertiary/aromatic N) is 4. The number of methoxy groups -OCH3 is 2. The van der Waals surface area contributed by atoms with Crippen LogP contribution in [0, 0.1) is 0 Å². The van der Waals surface area contributed by atoms with Crippen LogP contribution in [0.3, 0.4) is 0 Å². The number of para-hydroxylation sites is 1. The lowest BCUT2D eigenvalue weighted by Crippen LogP contribution is -2.46. The van der Waals surface area contributed by atoms with Crippen molar-refractivity contribution in [1.82, 2.24) is 20.3 Å². The molecule has 3 amide bonds. The maximum absolute atomic E-state index is 12.8. The zero-order chi connectivity index (χ0) is 26.6. The molecule has 196 valence electrons. The number of aliphatic hydroxyl groups is 1. The molecule has 0 saturated carbocycles. The van der Waals surface area contributed by atoms with Gasteiger partial charge in [-0.3, -0.25) is 10.1 Å². The highest BCUT2D eigenvalue weighted by Gasteiger charge is 2.25. The second-order valence-electron chi connectivity index (χ2n) is 8.94. The van der Waals surface area contributed by atoms with Gasteiger partial charge < -0.3 is 30.1 Å². The lowest BCUT2D eigenvalue weighted by Gasteiger charge is -2.27. The van der Waals surface area contributed by atoms with E-state index in [9.17, 15) is 14.7 Å². The average molecular weight is 528 g/mol. The van der Waals surface area contributed by atoms with E-state index < -0.39 is 17.5 Å². The number of ether oxygens (including phenoxy) is 2. The van der Waals surface area contributed by atoms with Gasteiger partial charge in [-0.2, -0.15) is 9.97 Å². The summed E-state index contributed by atoms with van der Waals surface area (Å²) in [4.78, 5) is 41.7. The average Bonchev–Trinajstić information content (AvgIpc) is 3.29. The van der Waals surface area contributed by atoms with Crippen LogP contribution in [0.15, 0.2) is 30.3 Å². The first kappa shape index (κ1) is 26.1. The van der Waals surface area contributed by atoms with Gasteiger partial charge in [0.1, 0.15) is 5.82 Å². The van der Waals surface area contributed by atoms with Crippen molar-refractivity contribution in [3.05, 3.63) is 46.5 Å². The van der Waals surface area contributed by atoms with Gasteiger partial charge in [-0.05, 0) is 26.0 Å². The molecule has 0 unspecified atom stereocenters. The number of hydrogen-bond donors (Lipinski definition) is 4. The molecule has 0 radical (unpaired) electrons. The number of anilines is 3. The Morgan fingerprint density at radius 2 is 1.92 bits per heavy atom. The Bertz CT molecular complexity index is 1270. The van der Waals surface area contributed by atoms with E-state index in [1.165, 1.54) is 25.6 Å². The minimum Gasteiger partial charge on any atom is -0.481 e. The van der Waals surface area contributed by atoms with E-state index in [0.29, 0.717) is 42.0 Å². The summed E-state index contributed by atoms with van der Waals surface area (Å²) in [6, 6.07) is 8.11. The highest BCUT2D eigenvalue weighted by Crippen LogP contribution is 2.32. The van der Waals surface area contributed by atoms with Crippen LogP contribution >= 0.6 is 11.3 Å². The topological polar surface area (TPSA) is 151 Å². The second kappa shape index (κ2) is 11.0. The number of thiazole rings is 1. The molecule has 13 heteroatoms. The Morgan fingerprint density at radius 1 is 1.14 bits per heavy atom. The number of rotatable bonds is 8. The Balaban J connectivity index is 1.43. The first-order chi connectivity index (χ1) is 17.7. The molecule has 12 nitrogen and oxygen atoms in total. The van der Waals surface area contributed by atoms with Gasteiger partial charge in [0, 0.05) is 23.9 Å². The molecule has 2 aromatic heterocycles. The van der Waals surface area contributed by atoms with Gasteiger partial charge in [0.25, 0.3) is 5.91 Å². The number of nitrogens with one attached hydrogen (secondary N) is 3. The molecule has 3 aromatic rings. The van der Waals surface area contributed by atoms with Crippen LogP contribution in [0.1, 0.15) is 34.8 Å². The SMILES string of the molecule is COc1cc(N2CCc3nc(NC(=O)Nc4ccccc4C(=O)NC(C)(C)CO)sc3C2)nc(OC)n1. The van der Waals surface area contributed by atoms with Crippen molar-refractivity contribution in [2.75, 3.05) is 42.9 Å². The van der Waals surface area contributed by atoms with Gasteiger partial charge >= 0.3 is 12.0 Å². The summed E-state index contributed by atoms with van der Waals surface area (Å²) in [6.45, 7) is 4.43. The van der Waals surface area contributed by atoms with Crippen molar-refractivity contribution >= 4 is 39.9 Å². The third-order valence-electron chi connectivity index (χ3n) is 5.60. The summed E-state index contributed by atoms with van der Waals surface area (Å²) < 4.78 is 10.4. The van der Waals surface area contributed by atoms with Crippen molar-refractivity contribution in [3.8, 4) is 11.9 Å². The van der Waals surface area contributed by atoms with E-state index >= 15 is 0 Å². The number of carbonyl (C=O) groups is 2. The summed E-state index contributed by atoms with van der Waals surface area (Å²) in [5.41, 5.74) is 0.729. The van der Waals surface area contributed by atoms with Crippen molar-refractivity contribution in [1.29, 1.82) is 0 Å². The smallest absolute Gasteiger partial charge is 0.325 e. The van der Waals surface area contributed by atoms with E-state index in [2.05, 4.69) is 35.8 Å². The number of fused-ring (bicyclic) bond motifs is 1. The minimum absolute atomic E-state index is 0.220. The van der Waals surface area contributed by atoms with Crippen molar-refractivity contribution < 1.29 is 24.2 Å². The number of aromatic nitrogens is 3. The number of carbonyl (C=O) groups excluding carboxylic acids is 2. The predicted molar refractivity (Wildman–Crippen MR) is 140 cm³/mol. The summed E-state index contributed by atoms with van der Waals surface area (Å²) in [5, 5.41) is 18.1. The Labute approximate surface area is 218 Å². The van der Waals surface area contributed by atoms with Gasteiger partial charge in [-0.1, -0.05) is 23.5 Å². The first-order valence-corrected chi connectivity index (χ1v) is 12.3. The van der Waals surface area contributed by atoms with Crippen LogP contribution < -0.4 is 30.3 Å². The number of aliphatic hydroxyl groups excluding tert-OH is 1. The van der Waals surface area contributed by atoms with Gasteiger partial charge in [0.2, 0.25) is 5.88 Å². The molecular formula is C24H29N7O5S. The number of hydrogen-bond acceptors (Lipinski definition) is 10. The third kappa shape index (κ3) is 6.24. The van der Waals surface area contributed by atoms with E-state index in [0.717, 1.165) is 10.6 Å². The third-order valence-corrected chi connectivity index (χ3v) is 6.60. The lowest BCUT2D eigenvalue weighted by molar-refractivity contribution is 0.0870. The van der Waals surface area contributed by atoms with Crippen LogP contribution in [-0.2, 0) is 13.0 Å². The van der Waals surface area contributed by atoms with Crippen LogP contribution in [-0.4, -0.2) is 64.9 Å². The number of amides is 3. The summed E-state index contributed by atoms with van der Waals surface area (Å²) in [6.07, 6.45) is 0.674. The Hall–Kier alpha value is -3.97. The summed E-state index contributed by atoms with van der Waals surface area (Å²) in [5.74, 6) is 0.678. The van der Waals surface area contributed by atoms with Gasteiger partial charge in [0.15, 0.2) is 5.13 Å². The summed E-state index contributed by atoms with van der Waals surface area (Å²) >= 11 is 1.38. The molecule has 4 N–H and O–H groups in total. The molecule has 3 heterocycles. The molecule has 1 aromatic carbocycles. The molecule has 1 aliphatic rings. The van der Waals surface area contributed by atoms with E-state index in [4.69, 9.17) is 9.47 Å². The van der Waals surface area contributed by atoms with Crippen LogP contribution in [0.25, 0.3) is 0 Å². The standard InChI is InChI=1S/C24H29N7O5S/c1-24(2,13-32)30-20(33)14-7-5-6-8-15(14)25-21(34)29-23-26-16-9-10-31(12-17(16)37-23)18-11-19(35-3)28-22(27-18)36-4/h5-8,11,32H,9-10,12-13H2,1-4H3,(H,30,33)(H2,25,26,29,34). The van der Waals surface area contributed by atoms with Crippen LogP contribution in [0.4, 0.5) is 21.4 Å². The minimum atomic E-state index is -0.803. The monoisotopic (exact) mass is 527 g/mol. The zero-order valence-corrected chi connectivity index (χ0v) is 21.8. The van der Waals surface area contributed by atoms with Crippen LogP contribution in [0.2, 0.25) is 0 Å². The molecule has 0 bridgehead atoms. The zero-order valence-electron chi connectivity index (χ0n) is 21.0. The molecule has 1 aliphatic heterocycles. The van der Waals surface area contributed by atoms with Gasteiger partial charge in [-0.25, -0.2) is 9.78 Å². The molecule has 37 heavy (non-hydrogen) atoms. The maximum Gasteiger partial charge on any atom is 0.325 e. The molecule has 4 rings (SSSR count). The highest BCUT2D eigenvalue weighted by atomic mass is 32.1. The van der Waals surface area contributed by atoms with Crippen molar-refractivity contribution in [3.63, 3.8) is 0 Å². The quantitative estimate of drug-likeness (QED) is 0.347. The maximum atomic E-state index is 12.8. The van der Waals surface area contributed by atoms with Crippen molar-refractivity contribution in [2.24, 2.45) is 0 Å². The second-order valence-corrected chi connectivity index (χ2v) is 10.0. The highest BCUT2D eigenvalue weighted by molar-refractivity contribution is 7.15. The van der Waals surface area contributed by atoms with E-state index in [1.807, 2.05) is 0 Å². The fraction of sp³-hybridized carbons (Fsp3) is 0.375. The molecule has 0 fully saturated rings. The van der Waals surface area contributed by atoms with Gasteiger partial charge in [-0.15, -0.1) is 0 Å². The van der Waals surface area contributed by atoms with Gasteiger partial charge in [0.05, 0.1) is 49.9 Å².